The van der Waals surface area contributed by atoms with E-state index in [1.54, 1.807) is 6.07 Å². The summed E-state index contributed by atoms with van der Waals surface area (Å²) in [6, 6.07) is 14.6. The van der Waals surface area contributed by atoms with Crippen LogP contribution >= 0.6 is 23.2 Å². The Morgan fingerprint density at radius 2 is 1.88 bits per heavy atom. The number of ether oxygens (including phenoxy) is 1. The first-order chi connectivity index (χ1) is 11.6. The van der Waals surface area contributed by atoms with Crippen LogP contribution in [0.1, 0.15) is 37.8 Å². The third kappa shape index (κ3) is 6.01. The van der Waals surface area contributed by atoms with Crippen LogP contribution in [-0.4, -0.2) is 12.6 Å². The molecule has 0 amide bonds. The topological polar surface area (TPSA) is 21.3 Å². The average Bonchev–Trinajstić information content (AvgIpc) is 2.58. The summed E-state index contributed by atoms with van der Waals surface area (Å²) in [6.07, 6.45) is 3.08. The minimum atomic E-state index is 0.391. The summed E-state index contributed by atoms with van der Waals surface area (Å²) in [4.78, 5) is 0. The minimum absolute atomic E-state index is 0.391. The van der Waals surface area contributed by atoms with Gasteiger partial charge in [0.1, 0.15) is 5.75 Å². The molecule has 0 saturated carbocycles. The molecule has 0 radical (unpaired) electrons. The zero-order valence-electron chi connectivity index (χ0n) is 14.3. The minimum Gasteiger partial charge on any atom is -0.492 e. The van der Waals surface area contributed by atoms with E-state index in [2.05, 4.69) is 43.4 Å². The maximum absolute atomic E-state index is 6.29. The Kier molecular flexibility index (Phi) is 7.90. The largest absolute Gasteiger partial charge is 0.492 e. The molecule has 1 atom stereocenters. The van der Waals surface area contributed by atoms with Gasteiger partial charge in [-0.2, -0.15) is 0 Å². The number of hydrogen-bond acceptors (Lipinski definition) is 2. The fraction of sp³-hybridized carbons (Fsp3) is 0.400. The lowest BCUT2D eigenvalue weighted by Gasteiger charge is -2.17. The highest BCUT2D eigenvalue weighted by Gasteiger charge is 2.12. The van der Waals surface area contributed by atoms with Crippen molar-refractivity contribution >= 4 is 23.2 Å². The van der Waals surface area contributed by atoms with E-state index in [0.717, 1.165) is 30.6 Å². The van der Waals surface area contributed by atoms with Gasteiger partial charge >= 0.3 is 0 Å². The Morgan fingerprint density at radius 1 is 1.12 bits per heavy atom. The van der Waals surface area contributed by atoms with E-state index in [-0.39, 0.29) is 0 Å². The molecule has 2 aromatic carbocycles. The maximum atomic E-state index is 6.29. The van der Waals surface area contributed by atoms with Gasteiger partial charge in [-0.1, -0.05) is 60.5 Å². The third-order valence-corrected chi connectivity index (χ3v) is 4.38. The van der Waals surface area contributed by atoms with E-state index in [0.29, 0.717) is 29.2 Å². The quantitative estimate of drug-likeness (QED) is 0.597. The normalized spacial score (nSPS) is 12.2. The molecule has 130 valence electrons. The predicted octanol–water partition coefficient (Wildman–Crippen LogP) is 5.89. The molecular formula is C20H25Cl2NO. The van der Waals surface area contributed by atoms with Crippen molar-refractivity contribution in [3.63, 3.8) is 0 Å². The zero-order chi connectivity index (χ0) is 17.4. The van der Waals surface area contributed by atoms with Crippen molar-refractivity contribution in [2.75, 3.05) is 6.61 Å². The molecule has 0 heterocycles. The van der Waals surface area contributed by atoms with E-state index < -0.39 is 0 Å². The van der Waals surface area contributed by atoms with Crippen molar-refractivity contribution < 1.29 is 4.74 Å². The number of hydrogen-bond donors (Lipinski definition) is 1. The van der Waals surface area contributed by atoms with Gasteiger partial charge in [0.25, 0.3) is 0 Å². The van der Waals surface area contributed by atoms with Crippen molar-refractivity contribution in [3.05, 3.63) is 63.6 Å². The molecule has 0 aromatic heterocycles. The molecule has 0 unspecified atom stereocenters. The Bertz CT molecular complexity index is 631. The molecule has 0 saturated heterocycles. The highest BCUT2D eigenvalue weighted by molar-refractivity contribution is 6.35. The average molecular weight is 366 g/mol. The highest BCUT2D eigenvalue weighted by atomic mass is 35.5. The van der Waals surface area contributed by atoms with E-state index in [9.17, 15) is 0 Å². The van der Waals surface area contributed by atoms with Gasteiger partial charge in [-0.3, -0.25) is 0 Å². The van der Waals surface area contributed by atoms with Gasteiger partial charge in [0.05, 0.1) is 11.6 Å². The van der Waals surface area contributed by atoms with Gasteiger partial charge in [0.2, 0.25) is 0 Å². The van der Waals surface area contributed by atoms with Crippen molar-refractivity contribution in [1.29, 1.82) is 0 Å². The van der Waals surface area contributed by atoms with Gasteiger partial charge in [-0.15, -0.1) is 0 Å². The molecule has 2 rings (SSSR count). The van der Waals surface area contributed by atoms with Crippen LogP contribution in [0.5, 0.6) is 5.75 Å². The van der Waals surface area contributed by atoms with Crippen LogP contribution < -0.4 is 10.1 Å². The van der Waals surface area contributed by atoms with Crippen LogP contribution in [0.3, 0.4) is 0 Å². The molecule has 0 fully saturated rings. The van der Waals surface area contributed by atoms with Crippen LogP contribution in [0.25, 0.3) is 0 Å². The van der Waals surface area contributed by atoms with Gasteiger partial charge in [0.15, 0.2) is 0 Å². The van der Waals surface area contributed by atoms with E-state index in [4.69, 9.17) is 27.9 Å². The summed E-state index contributed by atoms with van der Waals surface area (Å²) in [7, 11) is 0. The first kappa shape index (κ1) is 19.1. The summed E-state index contributed by atoms with van der Waals surface area (Å²) in [5.41, 5.74) is 2.37. The number of halogens is 2. The van der Waals surface area contributed by atoms with Crippen LogP contribution in [0.2, 0.25) is 10.0 Å². The smallest absolute Gasteiger partial charge is 0.142 e. The van der Waals surface area contributed by atoms with Crippen LogP contribution in [0.4, 0.5) is 0 Å². The molecule has 0 bridgehead atoms. The lowest BCUT2D eigenvalue weighted by Crippen LogP contribution is -2.26. The predicted molar refractivity (Wildman–Crippen MR) is 103 cm³/mol. The molecule has 0 spiro atoms. The highest BCUT2D eigenvalue weighted by Crippen LogP contribution is 2.32. The van der Waals surface area contributed by atoms with Crippen LogP contribution in [0.15, 0.2) is 42.5 Å². The first-order valence-electron chi connectivity index (χ1n) is 8.48. The molecule has 4 heteroatoms. The SMILES string of the molecule is CCCOc1c(Cl)cc(Cl)cc1CN[C@H](C)CCc1ccccc1. The zero-order valence-corrected chi connectivity index (χ0v) is 15.8. The van der Waals surface area contributed by atoms with E-state index in [1.807, 2.05) is 12.1 Å². The van der Waals surface area contributed by atoms with Crippen LogP contribution in [0, 0.1) is 0 Å². The Hall–Kier alpha value is -1.22. The molecule has 2 aromatic rings. The fourth-order valence-electron chi connectivity index (χ4n) is 2.52. The van der Waals surface area contributed by atoms with Crippen molar-refractivity contribution in [1.82, 2.24) is 5.32 Å². The summed E-state index contributed by atoms with van der Waals surface area (Å²) >= 11 is 12.4. The Morgan fingerprint density at radius 3 is 2.58 bits per heavy atom. The molecule has 0 aliphatic heterocycles. The molecule has 2 nitrogen and oxygen atoms in total. The van der Waals surface area contributed by atoms with Gasteiger partial charge in [0, 0.05) is 23.2 Å². The summed E-state index contributed by atoms with van der Waals surface area (Å²) in [5.74, 6) is 0.741. The monoisotopic (exact) mass is 365 g/mol. The molecule has 0 aliphatic carbocycles. The lowest BCUT2D eigenvalue weighted by atomic mass is 10.1. The van der Waals surface area contributed by atoms with Crippen LogP contribution in [-0.2, 0) is 13.0 Å². The molecule has 0 aliphatic rings. The van der Waals surface area contributed by atoms with E-state index >= 15 is 0 Å². The van der Waals surface area contributed by atoms with Crippen molar-refractivity contribution in [2.45, 2.75) is 45.7 Å². The second-order valence-electron chi connectivity index (χ2n) is 6.03. The maximum Gasteiger partial charge on any atom is 0.142 e. The number of rotatable bonds is 9. The van der Waals surface area contributed by atoms with Gasteiger partial charge in [-0.05, 0) is 43.9 Å². The molecule has 1 N–H and O–H groups in total. The number of aryl methyl sites for hydroxylation is 1. The number of nitrogens with one attached hydrogen (secondary N) is 1. The summed E-state index contributed by atoms with van der Waals surface area (Å²) < 4.78 is 5.80. The summed E-state index contributed by atoms with van der Waals surface area (Å²) in [5, 5.41) is 4.75. The van der Waals surface area contributed by atoms with Crippen molar-refractivity contribution in [3.8, 4) is 5.75 Å². The lowest BCUT2D eigenvalue weighted by molar-refractivity contribution is 0.313. The van der Waals surface area contributed by atoms with E-state index in [1.165, 1.54) is 5.56 Å². The first-order valence-corrected chi connectivity index (χ1v) is 9.23. The second-order valence-corrected chi connectivity index (χ2v) is 6.87. The Labute approximate surface area is 155 Å². The number of benzene rings is 2. The third-order valence-electron chi connectivity index (χ3n) is 3.89. The second kappa shape index (κ2) is 9.93. The Balaban J connectivity index is 1.92. The standard InChI is InChI=1S/C20H25Cl2NO/c1-3-11-24-20-17(12-18(21)13-19(20)22)14-23-15(2)9-10-16-7-5-4-6-8-16/h4-8,12-13,15,23H,3,9-11,14H2,1-2H3/t15-/m1/s1. The fourth-order valence-corrected chi connectivity index (χ4v) is 3.11. The molecular weight excluding hydrogens is 341 g/mol. The van der Waals surface area contributed by atoms with Crippen molar-refractivity contribution in [2.24, 2.45) is 0 Å². The summed E-state index contributed by atoms with van der Waals surface area (Å²) in [6.45, 7) is 5.61. The van der Waals surface area contributed by atoms with Gasteiger partial charge < -0.3 is 10.1 Å². The van der Waals surface area contributed by atoms with Gasteiger partial charge in [-0.25, -0.2) is 0 Å². The molecule has 24 heavy (non-hydrogen) atoms.